The van der Waals surface area contributed by atoms with Gasteiger partial charge in [0.05, 0.1) is 11.2 Å². The highest BCUT2D eigenvalue weighted by molar-refractivity contribution is 5.99. The molecule has 0 fully saturated rings. The van der Waals surface area contributed by atoms with Crippen molar-refractivity contribution in [2.45, 2.75) is 19.8 Å². The molecule has 100 valence electrons. The summed E-state index contributed by atoms with van der Waals surface area (Å²) in [5, 5.41) is 3.74. The lowest BCUT2D eigenvalue weighted by Gasteiger charge is -2.09. The standard InChI is InChI=1S/C14H18N4O/c1-2-3-8-16-14(19)13-9-12(18-15)10-6-4-5-7-11(10)17-13/h4-7,9H,2-3,8,15H2,1H3,(H,16,19)(H,17,18). The summed E-state index contributed by atoms with van der Waals surface area (Å²) in [6, 6.07) is 9.24. The van der Waals surface area contributed by atoms with Crippen molar-refractivity contribution >= 4 is 22.5 Å². The SMILES string of the molecule is CCCCNC(=O)c1cc(NN)c2ccccc2n1. The van der Waals surface area contributed by atoms with E-state index in [-0.39, 0.29) is 5.91 Å². The maximum atomic E-state index is 12.0. The molecule has 1 heterocycles. The largest absolute Gasteiger partial charge is 0.351 e. The number of unbranched alkanes of at least 4 members (excludes halogenated alkanes) is 1. The Balaban J connectivity index is 2.31. The number of hydrazine groups is 1. The van der Waals surface area contributed by atoms with Gasteiger partial charge in [-0.05, 0) is 18.6 Å². The van der Waals surface area contributed by atoms with Gasteiger partial charge in [-0.15, -0.1) is 0 Å². The molecule has 0 radical (unpaired) electrons. The first-order valence-electron chi connectivity index (χ1n) is 6.41. The summed E-state index contributed by atoms with van der Waals surface area (Å²) in [5.74, 6) is 5.33. The van der Waals surface area contributed by atoms with Gasteiger partial charge in [0, 0.05) is 11.9 Å². The van der Waals surface area contributed by atoms with E-state index in [1.54, 1.807) is 6.07 Å². The number of pyridine rings is 1. The lowest BCUT2D eigenvalue weighted by molar-refractivity contribution is 0.0948. The fourth-order valence-corrected chi connectivity index (χ4v) is 1.88. The van der Waals surface area contributed by atoms with Gasteiger partial charge in [-0.2, -0.15) is 0 Å². The number of nitrogens with zero attached hydrogens (tertiary/aromatic N) is 1. The van der Waals surface area contributed by atoms with Crippen molar-refractivity contribution in [3.05, 3.63) is 36.0 Å². The molecule has 1 aromatic carbocycles. The maximum absolute atomic E-state index is 12.0. The van der Waals surface area contributed by atoms with E-state index in [9.17, 15) is 4.79 Å². The monoisotopic (exact) mass is 258 g/mol. The number of fused-ring (bicyclic) bond motifs is 1. The second kappa shape index (κ2) is 6.15. The highest BCUT2D eigenvalue weighted by atomic mass is 16.1. The Hall–Kier alpha value is -2.14. The molecule has 0 atom stereocenters. The first kappa shape index (κ1) is 13.3. The Morgan fingerprint density at radius 3 is 2.89 bits per heavy atom. The summed E-state index contributed by atoms with van der Waals surface area (Å²) in [4.78, 5) is 16.3. The lowest BCUT2D eigenvalue weighted by atomic mass is 10.1. The number of nitrogens with two attached hydrogens (primary N) is 1. The third kappa shape index (κ3) is 3.00. The van der Waals surface area contributed by atoms with Crippen LogP contribution in [-0.4, -0.2) is 17.4 Å². The molecule has 2 aromatic rings. The van der Waals surface area contributed by atoms with Crippen LogP contribution in [0.4, 0.5) is 5.69 Å². The molecular weight excluding hydrogens is 240 g/mol. The second-order valence-corrected chi connectivity index (χ2v) is 4.33. The van der Waals surface area contributed by atoms with Gasteiger partial charge in [0.2, 0.25) is 0 Å². The van der Waals surface area contributed by atoms with Crippen molar-refractivity contribution in [3.8, 4) is 0 Å². The van der Waals surface area contributed by atoms with Gasteiger partial charge in [-0.25, -0.2) is 4.98 Å². The highest BCUT2D eigenvalue weighted by Gasteiger charge is 2.10. The number of para-hydroxylation sites is 1. The quantitative estimate of drug-likeness (QED) is 0.435. The molecule has 19 heavy (non-hydrogen) atoms. The zero-order chi connectivity index (χ0) is 13.7. The second-order valence-electron chi connectivity index (χ2n) is 4.33. The number of hydrogen-bond donors (Lipinski definition) is 3. The number of hydrogen-bond acceptors (Lipinski definition) is 4. The third-order valence-electron chi connectivity index (χ3n) is 2.92. The van der Waals surface area contributed by atoms with Crippen LogP contribution in [0.2, 0.25) is 0 Å². The fraction of sp³-hybridized carbons (Fsp3) is 0.286. The van der Waals surface area contributed by atoms with Gasteiger partial charge in [0.15, 0.2) is 0 Å². The molecule has 0 bridgehead atoms. The molecule has 0 aliphatic carbocycles. The summed E-state index contributed by atoms with van der Waals surface area (Å²) >= 11 is 0. The molecule has 0 spiro atoms. The lowest BCUT2D eigenvalue weighted by Crippen LogP contribution is -2.25. The summed E-state index contributed by atoms with van der Waals surface area (Å²) in [7, 11) is 0. The van der Waals surface area contributed by atoms with Crippen LogP contribution in [0.3, 0.4) is 0 Å². The Morgan fingerprint density at radius 1 is 1.37 bits per heavy atom. The highest BCUT2D eigenvalue weighted by Crippen LogP contribution is 2.22. The molecule has 1 aromatic heterocycles. The molecule has 2 rings (SSSR count). The zero-order valence-corrected chi connectivity index (χ0v) is 10.9. The minimum atomic E-state index is -0.171. The van der Waals surface area contributed by atoms with Gasteiger partial charge in [-0.3, -0.25) is 10.6 Å². The first-order valence-corrected chi connectivity index (χ1v) is 6.41. The Kier molecular flexibility index (Phi) is 4.30. The van der Waals surface area contributed by atoms with Crippen molar-refractivity contribution in [1.82, 2.24) is 10.3 Å². The predicted octanol–water partition coefficient (Wildman–Crippen LogP) is 2.05. The van der Waals surface area contributed by atoms with Crippen LogP contribution in [0, 0.1) is 0 Å². The summed E-state index contributed by atoms with van der Waals surface area (Å²) in [6.45, 7) is 2.74. The van der Waals surface area contributed by atoms with Crippen LogP contribution in [0.1, 0.15) is 30.3 Å². The number of nitrogens with one attached hydrogen (secondary N) is 2. The third-order valence-corrected chi connectivity index (χ3v) is 2.92. The number of benzene rings is 1. The van der Waals surface area contributed by atoms with Crippen LogP contribution in [0.25, 0.3) is 10.9 Å². The number of amides is 1. The smallest absolute Gasteiger partial charge is 0.269 e. The molecule has 4 N–H and O–H groups in total. The van der Waals surface area contributed by atoms with Crippen LogP contribution in [0.5, 0.6) is 0 Å². The molecule has 0 unspecified atom stereocenters. The zero-order valence-electron chi connectivity index (χ0n) is 10.9. The van der Waals surface area contributed by atoms with Gasteiger partial charge in [0.25, 0.3) is 5.91 Å². The van der Waals surface area contributed by atoms with Crippen molar-refractivity contribution in [1.29, 1.82) is 0 Å². The molecule has 0 saturated heterocycles. The van der Waals surface area contributed by atoms with Crippen LogP contribution >= 0.6 is 0 Å². The number of carbonyl (C=O) groups excluding carboxylic acids is 1. The summed E-state index contributed by atoms with van der Waals surface area (Å²) in [5.41, 5.74) is 4.44. The topological polar surface area (TPSA) is 80.0 Å². The minimum Gasteiger partial charge on any atom is -0.351 e. The van der Waals surface area contributed by atoms with Gasteiger partial charge in [-0.1, -0.05) is 31.5 Å². The Morgan fingerprint density at radius 2 is 2.16 bits per heavy atom. The van der Waals surface area contributed by atoms with Crippen molar-refractivity contribution < 1.29 is 4.79 Å². The van der Waals surface area contributed by atoms with Gasteiger partial charge >= 0.3 is 0 Å². The van der Waals surface area contributed by atoms with Gasteiger partial charge < -0.3 is 10.7 Å². The summed E-state index contributed by atoms with van der Waals surface area (Å²) in [6.07, 6.45) is 2.00. The van der Waals surface area contributed by atoms with E-state index in [1.165, 1.54) is 0 Å². The van der Waals surface area contributed by atoms with E-state index in [2.05, 4.69) is 22.7 Å². The van der Waals surface area contributed by atoms with Crippen molar-refractivity contribution in [3.63, 3.8) is 0 Å². The number of nitrogen functional groups attached to an aromatic ring is 1. The molecule has 1 amide bonds. The maximum Gasteiger partial charge on any atom is 0.269 e. The molecular formula is C14H18N4O. The number of carbonyl (C=O) groups is 1. The van der Waals surface area contributed by atoms with E-state index in [1.807, 2.05) is 24.3 Å². The van der Waals surface area contributed by atoms with Crippen LogP contribution in [-0.2, 0) is 0 Å². The summed E-state index contributed by atoms with van der Waals surface area (Å²) < 4.78 is 0. The van der Waals surface area contributed by atoms with Crippen molar-refractivity contribution in [2.75, 3.05) is 12.0 Å². The minimum absolute atomic E-state index is 0.171. The van der Waals surface area contributed by atoms with E-state index < -0.39 is 0 Å². The number of rotatable bonds is 5. The predicted molar refractivity (Wildman–Crippen MR) is 76.8 cm³/mol. The average molecular weight is 258 g/mol. The normalized spacial score (nSPS) is 10.4. The molecule has 0 aliphatic heterocycles. The molecule has 0 aliphatic rings. The van der Waals surface area contributed by atoms with E-state index >= 15 is 0 Å². The number of aromatic nitrogens is 1. The van der Waals surface area contributed by atoms with E-state index in [0.717, 1.165) is 23.7 Å². The van der Waals surface area contributed by atoms with Crippen molar-refractivity contribution in [2.24, 2.45) is 5.84 Å². The fourth-order valence-electron chi connectivity index (χ4n) is 1.88. The molecule has 0 saturated carbocycles. The van der Waals surface area contributed by atoms with Gasteiger partial charge in [0.1, 0.15) is 5.69 Å². The van der Waals surface area contributed by atoms with E-state index in [0.29, 0.717) is 17.9 Å². The Bertz CT molecular complexity index is 583. The average Bonchev–Trinajstić information content (AvgIpc) is 2.46. The molecule has 5 heteroatoms. The van der Waals surface area contributed by atoms with Crippen LogP contribution < -0.4 is 16.6 Å². The van der Waals surface area contributed by atoms with E-state index in [4.69, 9.17) is 5.84 Å². The Labute approximate surface area is 112 Å². The van der Waals surface area contributed by atoms with Crippen LogP contribution in [0.15, 0.2) is 30.3 Å². The molecule has 5 nitrogen and oxygen atoms in total. The first-order chi connectivity index (χ1) is 9.26. The number of anilines is 1.